The smallest absolute Gasteiger partial charge is 0.410 e. The van der Waals surface area contributed by atoms with Gasteiger partial charge < -0.3 is 19.4 Å². The van der Waals surface area contributed by atoms with Crippen molar-refractivity contribution in [1.82, 2.24) is 9.80 Å². The highest BCUT2D eigenvalue weighted by atomic mass is 16.6. The van der Waals surface area contributed by atoms with Gasteiger partial charge in [0.05, 0.1) is 0 Å². The Morgan fingerprint density at radius 2 is 1.93 bits per heavy atom. The van der Waals surface area contributed by atoms with E-state index in [1.165, 1.54) is 11.1 Å². The second-order valence-corrected chi connectivity index (χ2v) is 8.87. The van der Waals surface area contributed by atoms with E-state index in [2.05, 4.69) is 35.9 Å². The van der Waals surface area contributed by atoms with Gasteiger partial charge in [-0.05, 0) is 62.9 Å². The average Bonchev–Trinajstić information content (AvgIpc) is 3.08. The molecule has 0 aromatic heterocycles. The molecule has 0 aliphatic carbocycles. The van der Waals surface area contributed by atoms with E-state index >= 15 is 0 Å². The minimum Gasteiger partial charge on any atom is -0.436 e. The van der Waals surface area contributed by atoms with Crippen LogP contribution in [0.2, 0.25) is 0 Å². The predicted octanol–water partition coefficient (Wildman–Crippen LogP) is 3.18. The molecule has 0 atom stereocenters. The Bertz CT molecular complexity index is 865. The summed E-state index contributed by atoms with van der Waals surface area (Å²) >= 11 is 0. The van der Waals surface area contributed by atoms with E-state index in [1.54, 1.807) is 11.8 Å². The average molecular weight is 412 g/mol. The lowest BCUT2D eigenvalue weighted by Crippen LogP contribution is -2.52. The van der Waals surface area contributed by atoms with Crippen LogP contribution in [0.15, 0.2) is 18.2 Å². The van der Waals surface area contributed by atoms with Gasteiger partial charge in [0.15, 0.2) is 6.61 Å². The van der Waals surface area contributed by atoms with Gasteiger partial charge in [-0.2, -0.15) is 0 Å². The van der Waals surface area contributed by atoms with Gasteiger partial charge in [-0.3, -0.25) is 4.79 Å². The number of hydrogen-bond donors (Lipinski definition) is 0. The zero-order chi connectivity index (χ0) is 21.3. The van der Waals surface area contributed by atoms with E-state index in [0.717, 1.165) is 64.1 Å². The Hall–Kier alpha value is -2.52. The van der Waals surface area contributed by atoms with Gasteiger partial charge >= 0.3 is 6.09 Å². The Morgan fingerprint density at radius 1 is 1.23 bits per heavy atom. The van der Waals surface area contributed by atoms with Gasteiger partial charge in [0.2, 0.25) is 5.91 Å². The third kappa shape index (κ3) is 3.67. The second-order valence-electron chi connectivity index (χ2n) is 8.87. The van der Waals surface area contributed by atoms with E-state index in [4.69, 9.17) is 11.2 Å². The highest BCUT2D eigenvalue weighted by Gasteiger charge is 2.47. The zero-order valence-electron chi connectivity index (χ0n) is 18.0. The van der Waals surface area contributed by atoms with E-state index in [-0.39, 0.29) is 25.4 Å². The number of benzene rings is 1. The molecule has 0 N–H and O–H groups in total. The minimum atomic E-state index is -0.300. The molecule has 0 saturated carbocycles. The van der Waals surface area contributed by atoms with Crippen molar-refractivity contribution >= 4 is 17.7 Å². The Labute approximate surface area is 180 Å². The first-order valence-electron chi connectivity index (χ1n) is 10.9. The number of aryl methyl sites for hydroxylation is 1. The zero-order valence-corrected chi connectivity index (χ0v) is 18.0. The van der Waals surface area contributed by atoms with Crippen molar-refractivity contribution in [3.63, 3.8) is 0 Å². The number of rotatable bonds is 2. The second kappa shape index (κ2) is 8.31. The molecular weight excluding hydrogens is 378 g/mol. The van der Waals surface area contributed by atoms with Crippen LogP contribution in [0.5, 0.6) is 0 Å². The number of likely N-dealkylation sites (tertiary alicyclic amines) is 2. The fraction of sp³-hybridized carbons (Fsp3) is 0.583. The summed E-state index contributed by atoms with van der Waals surface area (Å²) in [5, 5.41) is 0. The van der Waals surface area contributed by atoms with Gasteiger partial charge in [0.1, 0.15) is 0 Å². The molecule has 1 aromatic rings. The van der Waals surface area contributed by atoms with Crippen LogP contribution in [0.25, 0.3) is 0 Å². The fourth-order valence-electron chi connectivity index (χ4n) is 5.65. The molecule has 3 heterocycles. The molecule has 3 aliphatic rings. The normalized spacial score (nSPS) is 21.4. The number of piperidine rings is 2. The van der Waals surface area contributed by atoms with Crippen LogP contribution in [0.4, 0.5) is 10.5 Å². The van der Waals surface area contributed by atoms with Crippen molar-refractivity contribution in [2.45, 2.75) is 51.0 Å². The molecule has 6 heteroatoms. The van der Waals surface area contributed by atoms with E-state index in [0.29, 0.717) is 6.04 Å². The standard InChI is InChI=1S/C24H31N3O3.H2/c1-4-16-30-23(29)26-12-8-20(9-13-26)25-14-10-24(11-15-25)17-27(19(3)28)21-7-5-6-18(2)22(21)24;/h1,5-7,20H,8-17H2,2-3H3;1H. The summed E-state index contributed by atoms with van der Waals surface area (Å²) in [7, 11) is 0. The molecule has 162 valence electrons. The van der Waals surface area contributed by atoms with Gasteiger partial charge in [0.25, 0.3) is 0 Å². The highest BCUT2D eigenvalue weighted by molar-refractivity contribution is 5.95. The molecule has 1 spiro atoms. The molecule has 0 radical (unpaired) electrons. The van der Waals surface area contributed by atoms with Crippen molar-refractivity contribution in [1.29, 1.82) is 0 Å². The number of fused-ring (bicyclic) bond motifs is 2. The molecule has 4 rings (SSSR count). The number of nitrogens with zero attached hydrogens (tertiary/aromatic N) is 3. The van der Waals surface area contributed by atoms with E-state index < -0.39 is 0 Å². The molecule has 6 nitrogen and oxygen atoms in total. The Morgan fingerprint density at radius 3 is 2.57 bits per heavy atom. The SMILES string of the molecule is C#CCOC(=O)N1CCC(N2CCC3(CC2)CN(C(C)=O)c2cccc(C)c23)CC1.[HH]. The van der Waals surface area contributed by atoms with Crippen molar-refractivity contribution < 1.29 is 15.8 Å². The number of carbonyl (C=O) groups is 2. The van der Waals surface area contributed by atoms with Crippen LogP contribution in [-0.4, -0.2) is 67.2 Å². The lowest BCUT2D eigenvalue weighted by molar-refractivity contribution is -0.116. The van der Waals surface area contributed by atoms with E-state index in [1.807, 2.05) is 4.90 Å². The summed E-state index contributed by atoms with van der Waals surface area (Å²) in [5.41, 5.74) is 3.85. The molecule has 2 saturated heterocycles. The summed E-state index contributed by atoms with van der Waals surface area (Å²) in [5.74, 6) is 2.47. The number of anilines is 1. The van der Waals surface area contributed by atoms with Gasteiger partial charge in [-0.1, -0.05) is 18.1 Å². The summed E-state index contributed by atoms with van der Waals surface area (Å²) in [6, 6.07) is 6.83. The maximum absolute atomic E-state index is 12.3. The predicted molar refractivity (Wildman–Crippen MR) is 119 cm³/mol. The van der Waals surface area contributed by atoms with Crippen LogP contribution < -0.4 is 4.90 Å². The van der Waals surface area contributed by atoms with Crippen molar-refractivity contribution in [3.05, 3.63) is 29.3 Å². The highest BCUT2D eigenvalue weighted by Crippen LogP contribution is 2.48. The number of amides is 2. The third-order valence-electron chi connectivity index (χ3n) is 7.19. The van der Waals surface area contributed by atoms with Crippen LogP contribution in [0.3, 0.4) is 0 Å². The molecule has 1 aromatic carbocycles. The summed E-state index contributed by atoms with van der Waals surface area (Å²) in [6.07, 6.45) is 8.93. The first-order valence-corrected chi connectivity index (χ1v) is 10.9. The maximum atomic E-state index is 12.3. The number of terminal acetylenes is 1. The Balaban J connectivity index is 0.00000272. The van der Waals surface area contributed by atoms with Crippen LogP contribution in [-0.2, 0) is 14.9 Å². The Kier molecular flexibility index (Phi) is 5.75. The fourth-order valence-corrected chi connectivity index (χ4v) is 5.65. The molecule has 2 fully saturated rings. The van der Waals surface area contributed by atoms with E-state index in [9.17, 15) is 9.59 Å². The number of carbonyl (C=O) groups excluding carboxylic acids is 2. The minimum absolute atomic E-state index is 0. The molecule has 0 bridgehead atoms. The van der Waals surface area contributed by atoms with Crippen LogP contribution in [0.1, 0.15) is 45.2 Å². The van der Waals surface area contributed by atoms with Crippen LogP contribution in [0, 0.1) is 19.3 Å². The van der Waals surface area contributed by atoms with Crippen molar-refractivity contribution in [2.75, 3.05) is 44.2 Å². The lowest BCUT2D eigenvalue weighted by Gasteiger charge is -2.45. The lowest BCUT2D eigenvalue weighted by atomic mass is 9.72. The largest absolute Gasteiger partial charge is 0.436 e. The molecular formula is C24H33N3O3. The topological polar surface area (TPSA) is 53.1 Å². The maximum Gasteiger partial charge on any atom is 0.410 e. The molecule has 0 unspecified atom stereocenters. The number of ether oxygens (including phenoxy) is 1. The van der Waals surface area contributed by atoms with Crippen LogP contribution >= 0.6 is 0 Å². The monoisotopic (exact) mass is 411 g/mol. The van der Waals surface area contributed by atoms with Crippen molar-refractivity contribution in [2.24, 2.45) is 0 Å². The summed E-state index contributed by atoms with van der Waals surface area (Å²) < 4.78 is 5.05. The van der Waals surface area contributed by atoms with Gasteiger partial charge in [0, 0.05) is 45.1 Å². The van der Waals surface area contributed by atoms with Crippen molar-refractivity contribution in [3.8, 4) is 12.3 Å². The quantitative estimate of drug-likeness (QED) is 0.702. The first kappa shape index (κ1) is 20.7. The summed E-state index contributed by atoms with van der Waals surface area (Å²) in [4.78, 5) is 30.6. The van der Waals surface area contributed by atoms with Gasteiger partial charge in [-0.25, -0.2) is 4.79 Å². The molecule has 30 heavy (non-hydrogen) atoms. The molecule has 2 amide bonds. The first-order chi connectivity index (χ1) is 14.4. The summed E-state index contributed by atoms with van der Waals surface area (Å²) in [6.45, 7) is 8.18. The molecule has 3 aliphatic heterocycles. The number of hydrogen-bond acceptors (Lipinski definition) is 4. The van der Waals surface area contributed by atoms with Gasteiger partial charge in [-0.15, -0.1) is 6.42 Å². The third-order valence-corrected chi connectivity index (χ3v) is 7.19.